The van der Waals surface area contributed by atoms with Crippen LogP contribution >= 0.6 is 0 Å². The van der Waals surface area contributed by atoms with E-state index >= 15 is 0 Å². The number of aromatic nitrogens is 2. The van der Waals surface area contributed by atoms with Crippen LogP contribution in [0.5, 0.6) is 0 Å². The van der Waals surface area contributed by atoms with E-state index < -0.39 is 0 Å². The monoisotopic (exact) mass is 312 g/mol. The van der Waals surface area contributed by atoms with Crippen molar-refractivity contribution in [2.75, 3.05) is 13.1 Å². The lowest BCUT2D eigenvalue weighted by atomic mass is 10.0. The molecule has 2 heterocycles. The van der Waals surface area contributed by atoms with E-state index in [0.29, 0.717) is 25.1 Å². The first-order valence-corrected chi connectivity index (χ1v) is 7.89. The molecule has 1 saturated heterocycles. The number of rotatable bonds is 4. The first kappa shape index (κ1) is 15.3. The summed E-state index contributed by atoms with van der Waals surface area (Å²) in [5, 5.41) is 7.00. The molecule has 1 atom stereocenters. The largest absolute Gasteiger partial charge is 0.353 e. The van der Waals surface area contributed by atoms with E-state index in [9.17, 15) is 9.59 Å². The maximum atomic E-state index is 12.8. The van der Waals surface area contributed by atoms with E-state index in [0.717, 1.165) is 12.1 Å². The van der Waals surface area contributed by atoms with Gasteiger partial charge in [-0.25, -0.2) is 4.68 Å². The van der Waals surface area contributed by atoms with Gasteiger partial charge < -0.3 is 10.2 Å². The number of piperazine rings is 1. The van der Waals surface area contributed by atoms with Gasteiger partial charge in [-0.05, 0) is 36.8 Å². The molecule has 120 valence electrons. The van der Waals surface area contributed by atoms with Gasteiger partial charge in [0.2, 0.25) is 5.91 Å². The van der Waals surface area contributed by atoms with Crippen LogP contribution in [0.3, 0.4) is 0 Å². The highest BCUT2D eigenvalue weighted by atomic mass is 16.2. The minimum Gasteiger partial charge on any atom is -0.353 e. The number of benzene rings is 1. The van der Waals surface area contributed by atoms with Gasteiger partial charge in [0, 0.05) is 31.0 Å². The molecule has 3 rings (SSSR count). The van der Waals surface area contributed by atoms with Gasteiger partial charge in [-0.15, -0.1) is 0 Å². The summed E-state index contributed by atoms with van der Waals surface area (Å²) in [5.41, 5.74) is 1.49. The summed E-state index contributed by atoms with van der Waals surface area (Å²) in [6, 6.07) is 8.77. The number of carbonyl (C=O) groups excluding carboxylic acids is 2. The van der Waals surface area contributed by atoms with Gasteiger partial charge in [-0.1, -0.05) is 13.3 Å². The predicted octanol–water partition coefficient (Wildman–Crippen LogP) is 1.61. The van der Waals surface area contributed by atoms with Crippen molar-refractivity contribution in [1.29, 1.82) is 0 Å². The van der Waals surface area contributed by atoms with Crippen molar-refractivity contribution in [3.8, 4) is 5.69 Å². The molecular formula is C17H20N4O2. The average molecular weight is 312 g/mol. The molecule has 1 fully saturated rings. The summed E-state index contributed by atoms with van der Waals surface area (Å²) in [7, 11) is 0. The molecule has 6 nitrogen and oxygen atoms in total. The van der Waals surface area contributed by atoms with E-state index in [1.165, 1.54) is 0 Å². The minimum atomic E-state index is -0.368. The number of amides is 2. The topological polar surface area (TPSA) is 67.2 Å². The lowest BCUT2D eigenvalue weighted by Crippen LogP contribution is -2.57. The molecular weight excluding hydrogens is 292 g/mol. The van der Waals surface area contributed by atoms with Gasteiger partial charge in [0.1, 0.15) is 6.04 Å². The summed E-state index contributed by atoms with van der Waals surface area (Å²) in [6.07, 6.45) is 5.10. The Labute approximate surface area is 135 Å². The fraction of sp³-hybridized carbons (Fsp3) is 0.353. The maximum Gasteiger partial charge on any atom is 0.254 e. The van der Waals surface area contributed by atoms with Crippen molar-refractivity contribution < 1.29 is 9.59 Å². The van der Waals surface area contributed by atoms with Crippen molar-refractivity contribution in [2.45, 2.75) is 25.8 Å². The second kappa shape index (κ2) is 6.64. The van der Waals surface area contributed by atoms with Gasteiger partial charge in [0.15, 0.2) is 0 Å². The van der Waals surface area contributed by atoms with E-state index in [-0.39, 0.29) is 17.9 Å². The Morgan fingerprint density at radius 3 is 2.78 bits per heavy atom. The van der Waals surface area contributed by atoms with Crippen LogP contribution in [0.4, 0.5) is 0 Å². The average Bonchev–Trinajstić information content (AvgIpc) is 3.11. The zero-order chi connectivity index (χ0) is 16.2. The molecule has 1 aromatic heterocycles. The maximum absolute atomic E-state index is 12.8. The Morgan fingerprint density at radius 1 is 1.35 bits per heavy atom. The molecule has 0 unspecified atom stereocenters. The third kappa shape index (κ3) is 3.11. The smallest absolute Gasteiger partial charge is 0.254 e. The summed E-state index contributed by atoms with van der Waals surface area (Å²) in [4.78, 5) is 26.5. The summed E-state index contributed by atoms with van der Waals surface area (Å²) < 4.78 is 1.74. The molecule has 2 aromatic rings. The summed E-state index contributed by atoms with van der Waals surface area (Å²) in [5.74, 6) is -0.148. The van der Waals surface area contributed by atoms with Gasteiger partial charge in [0.05, 0.1) is 5.69 Å². The third-order valence-corrected chi connectivity index (χ3v) is 4.04. The van der Waals surface area contributed by atoms with E-state index in [1.807, 2.05) is 31.3 Å². The van der Waals surface area contributed by atoms with E-state index in [4.69, 9.17) is 0 Å². The number of hydrogen-bond acceptors (Lipinski definition) is 3. The van der Waals surface area contributed by atoms with Crippen LogP contribution in [0.15, 0.2) is 42.7 Å². The quantitative estimate of drug-likeness (QED) is 0.933. The summed E-state index contributed by atoms with van der Waals surface area (Å²) in [6.45, 7) is 3.08. The highest BCUT2D eigenvalue weighted by molar-refractivity contribution is 5.98. The fourth-order valence-corrected chi connectivity index (χ4v) is 2.86. The van der Waals surface area contributed by atoms with E-state index in [2.05, 4.69) is 10.4 Å². The van der Waals surface area contributed by atoms with Crippen LogP contribution in [-0.4, -0.2) is 45.6 Å². The highest BCUT2D eigenvalue weighted by Crippen LogP contribution is 2.16. The Hall–Kier alpha value is -2.63. The molecule has 0 radical (unpaired) electrons. The van der Waals surface area contributed by atoms with Gasteiger partial charge in [-0.3, -0.25) is 9.59 Å². The molecule has 1 aliphatic heterocycles. The zero-order valence-corrected chi connectivity index (χ0v) is 13.1. The second-order valence-electron chi connectivity index (χ2n) is 5.59. The van der Waals surface area contributed by atoms with Crippen LogP contribution in [0.25, 0.3) is 5.69 Å². The van der Waals surface area contributed by atoms with Crippen molar-refractivity contribution in [2.24, 2.45) is 0 Å². The van der Waals surface area contributed by atoms with Crippen LogP contribution in [0, 0.1) is 0 Å². The van der Waals surface area contributed by atoms with Crippen LogP contribution < -0.4 is 5.32 Å². The standard InChI is InChI=1S/C17H20N4O2/c1-2-4-15-16(22)18-10-12-20(15)17(23)13-5-7-14(8-6-13)21-11-3-9-19-21/h3,5-9,11,15H,2,4,10,12H2,1H3,(H,18,22)/t15-/m0/s1. The van der Waals surface area contributed by atoms with Crippen molar-refractivity contribution in [1.82, 2.24) is 20.0 Å². The molecule has 2 amide bonds. The molecule has 1 N–H and O–H groups in total. The number of carbonyl (C=O) groups is 2. The van der Waals surface area contributed by atoms with Crippen molar-refractivity contribution in [3.63, 3.8) is 0 Å². The van der Waals surface area contributed by atoms with E-state index in [1.54, 1.807) is 27.9 Å². The van der Waals surface area contributed by atoms with Crippen LogP contribution in [0.1, 0.15) is 30.1 Å². The summed E-state index contributed by atoms with van der Waals surface area (Å²) >= 11 is 0. The Balaban J connectivity index is 1.80. The SMILES string of the molecule is CCC[C@H]1C(=O)NCCN1C(=O)c1ccc(-n2cccn2)cc1. The Kier molecular flexibility index (Phi) is 4.41. The minimum absolute atomic E-state index is 0.0559. The number of hydrogen-bond donors (Lipinski definition) is 1. The molecule has 0 aliphatic carbocycles. The first-order valence-electron chi connectivity index (χ1n) is 7.89. The predicted molar refractivity (Wildman–Crippen MR) is 86.3 cm³/mol. The molecule has 0 spiro atoms. The van der Waals surface area contributed by atoms with Crippen LogP contribution in [-0.2, 0) is 4.79 Å². The molecule has 1 aliphatic rings. The van der Waals surface area contributed by atoms with Gasteiger partial charge in [-0.2, -0.15) is 5.10 Å². The lowest BCUT2D eigenvalue weighted by molar-refractivity contribution is -0.128. The van der Waals surface area contributed by atoms with Crippen LogP contribution in [0.2, 0.25) is 0 Å². The number of nitrogens with one attached hydrogen (secondary N) is 1. The first-order chi connectivity index (χ1) is 11.2. The fourth-order valence-electron chi connectivity index (χ4n) is 2.86. The normalized spacial score (nSPS) is 17.9. The van der Waals surface area contributed by atoms with Gasteiger partial charge in [0.25, 0.3) is 5.91 Å². The lowest BCUT2D eigenvalue weighted by Gasteiger charge is -2.35. The molecule has 0 saturated carbocycles. The van der Waals surface area contributed by atoms with Crippen molar-refractivity contribution >= 4 is 11.8 Å². The Morgan fingerprint density at radius 2 is 2.13 bits per heavy atom. The molecule has 6 heteroatoms. The van der Waals surface area contributed by atoms with Crippen molar-refractivity contribution in [3.05, 3.63) is 48.3 Å². The number of nitrogens with zero attached hydrogens (tertiary/aromatic N) is 3. The molecule has 1 aromatic carbocycles. The Bertz CT molecular complexity index is 679. The van der Waals surface area contributed by atoms with Gasteiger partial charge >= 0.3 is 0 Å². The molecule has 23 heavy (non-hydrogen) atoms. The molecule has 0 bridgehead atoms. The second-order valence-corrected chi connectivity index (χ2v) is 5.59. The third-order valence-electron chi connectivity index (χ3n) is 4.04. The highest BCUT2D eigenvalue weighted by Gasteiger charge is 2.32. The zero-order valence-electron chi connectivity index (χ0n) is 13.1.